The molecule has 2 rings (SSSR count). The lowest BCUT2D eigenvalue weighted by Gasteiger charge is -2.26. The van der Waals surface area contributed by atoms with Gasteiger partial charge in [-0.2, -0.15) is 0 Å². The van der Waals surface area contributed by atoms with Crippen molar-refractivity contribution < 1.29 is 4.79 Å². The fourth-order valence-electron chi connectivity index (χ4n) is 1.97. The van der Waals surface area contributed by atoms with Gasteiger partial charge in [-0.1, -0.05) is 0 Å². The predicted molar refractivity (Wildman–Crippen MR) is 46.4 cm³/mol. The largest absolute Gasteiger partial charge is 0.356 e. The monoisotopic (exact) mass is 168 g/mol. The van der Waals surface area contributed by atoms with E-state index in [0.29, 0.717) is 5.92 Å². The maximum absolute atomic E-state index is 11.4. The maximum atomic E-state index is 11.4. The molecule has 0 bridgehead atoms. The molecule has 1 saturated carbocycles. The van der Waals surface area contributed by atoms with Crippen LogP contribution in [0.1, 0.15) is 25.7 Å². The van der Waals surface area contributed by atoms with Crippen LogP contribution in [0.25, 0.3) is 0 Å². The van der Waals surface area contributed by atoms with Gasteiger partial charge in [0.1, 0.15) is 0 Å². The first-order valence-electron chi connectivity index (χ1n) is 4.82. The van der Waals surface area contributed by atoms with Crippen LogP contribution >= 0.6 is 0 Å². The van der Waals surface area contributed by atoms with Crippen molar-refractivity contribution in [3.63, 3.8) is 0 Å². The Morgan fingerprint density at radius 1 is 1.42 bits per heavy atom. The number of amides is 1. The van der Waals surface area contributed by atoms with Crippen LogP contribution < -0.4 is 11.1 Å². The zero-order chi connectivity index (χ0) is 8.55. The molecule has 0 aromatic carbocycles. The molecule has 2 aliphatic rings. The quantitative estimate of drug-likeness (QED) is 0.621. The van der Waals surface area contributed by atoms with Gasteiger partial charge < -0.3 is 11.1 Å². The maximum Gasteiger partial charge on any atom is 0.224 e. The summed E-state index contributed by atoms with van der Waals surface area (Å²) in [6.45, 7) is 0.840. The Kier molecular flexibility index (Phi) is 2.05. The van der Waals surface area contributed by atoms with E-state index in [-0.39, 0.29) is 17.9 Å². The predicted octanol–water partition coefficient (Wildman–Crippen LogP) is 0.250. The molecular formula is C9H16N2O. The highest BCUT2D eigenvalue weighted by molar-refractivity contribution is 5.80. The first-order valence-corrected chi connectivity index (χ1v) is 4.82. The molecule has 68 valence electrons. The minimum Gasteiger partial charge on any atom is -0.356 e. The van der Waals surface area contributed by atoms with E-state index in [1.807, 2.05) is 0 Å². The molecule has 1 aliphatic carbocycles. The van der Waals surface area contributed by atoms with Gasteiger partial charge in [-0.25, -0.2) is 0 Å². The van der Waals surface area contributed by atoms with Crippen molar-refractivity contribution >= 4 is 5.91 Å². The van der Waals surface area contributed by atoms with Crippen molar-refractivity contribution in [2.75, 3.05) is 6.54 Å². The number of piperidine rings is 1. The lowest BCUT2D eigenvalue weighted by atomic mass is 9.89. The van der Waals surface area contributed by atoms with Crippen molar-refractivity contribution in [3.05, 3.63) is 0 Å². The van der Waals surface area contributed by atoms with Crippen LogP contribution in [-0.2, 0) is 4.79 Å². The smallest absolute Gasteiger partial charge is 0.224 e. The number of rotatable bonds is 2. The second kappa shape index (κ2) is 3.05. The van der Waals surface area contributed by atoms with E-state index in [4.69, 9.17) is 5.73 Å². The molecule has 1 heterocycles. The highest BCUT2D eigenvalue weighted by atomic mass is 16.1. The van der Waals surface area contributed by atoms with Crippen molar-refractivity contribution in [2.24, 2.45) is 17.6 Å². The van der Waals surface area contributed by atoms with Crippen LogP contribution in [0.15, 0.2) is 0 Å². The Morgan fingerprint density at radius 3 is 2.75 bits per heavy atom. The summed E-state index contributed by atoms with van der Waals surface area (Å²) in [6, 6.07) is 0.130. The number of hydrogen-bond acceptors (Lipinski definition) is 2. The highest BCUT2D eigenvalue weighted by Gasteiger charge is 2.37. The van der Waals surface area contributed by atoms with Crippen LogP contribution in [0.2, 0.25) is 0 Å². The Morgan fingerprint density at radius 2 is 2.17 bits per heavy atom. The average Bonchev–Trinajstić information content (AvgIpc) is 2.86. The molecule has 0 aromatic rings. The summed E-state index contributed by atoms with van der Waals surface area (Å²) in [6.07, 6.45) is 4.54. The van der Waals surface area contributed by atoms with Gasteiger partial charge in [0.15, 0.2) is 0 Å². The Balaban J connectivity index is 1.94. The number of carbonyl (C=O) groups excluding carboxylic acids is 1. The lowest BCUT2D eigenvalue weighted by Crippen LogP contribution is -2.46. The third kappa shape index (κ3) is 1.46. The summed E-state index contributed by atoms with van der Waals surface area (Å²) < 4.78 is 0. The molecule has 2 unspecified atom stereocenters. The molecule has 0 spiro atoms. The van der Waals surface area contributed by atoms with Gasteiger partial charge in [-0.05, 0) is 31.6 Å². The number of carbonyl (C=O) groups is 1. The summed E-state index contributed by atoms with van der Waals surface area (Å²) >= 11 is 0. The first kappa shape index (κ1) is 8.05. The molecule has 1 amide bonds. The number of nitrogens with one attached hydrogen (secondary N) is 1. The van der Waals surface area contributed by atoms with E-state index in [0.717, 1.165) is 19.4 Å². The number of hydrogen-bond donors (Lipinski definition) is 2. The fraction of sp³-hybridized carbons (Fsp3) is 0.889. The molecule has 0 radical (unpaired) electrons. The van der Waals surface area contributed by atoms with Crippen molar-refractivity contribution in [3.8, 4) is 0 Å². The summed E-state index contributed by atoms with van der Waals surface area (Å²) in [4.78, 5) is 11.4. The minimum atomic E-state index is 0.103. The van der Waals surface area contributed by atoms with E-state index < -0.39 is 0 Å². The molecule has 0 aromatic heterocycles. The molecule has 2 atom stereocenters. The standard InChI is InChI=1S/C9H16N2O/c10-8(6-3-4-6)7-2-1-5-11-9(7)12/h6-8H,1-5,10H2,(H,11,12). The summed E-state index contributed by atoms with van der Waals surface area (Å²) in [5.41, 5.74) is 5.98. The van der Waals surface area contributed by atoms with Crippen molar-refractivity contribution in [1.29, 1.82) is 0 Å². The van der Waals surface area contributed by atoms with Gasteiger partial charge in [0.05, 0.1) is 5.92 Å². The topological polar surface area (TPSA) is 55.1 Å². The van der Waals surface area contributed by atoms with Gasteiger partial charge in [-0.15, -0.1) is 0 Å². The molecule has 12 heavy (non-hydrogen) atoms. The number of nitrogens with two attached hydrogens (primary N) is 1. The van der Waals surface area contributed by atoms with E-state index in [1.165, 1.54) is 12.8 Å². The van der Waals surface area contributed by atoms with Crippen LogP contribution in [0, 0.1) is 11.8 Å². The molecule has 3 nitrogen and oxygen atoms in total. The van der Waals surface area contributed by atoms with Gasteiger partial charge in [0.2, 0.25) is 5.91 Å². The zero-order valence-corrected chi connectivity index (χ0v) is 7.25. The zero-order valence-electron chi connectivity index (χ0n) is 7.25. The highest BCUT2D eigenvalue weighted by Crippen LogP contribution is 2.36. The van der Waals surface area contributed by atoms with Crippen LogP contribution in [0.4, 0.5) is 0 Å². The van der Waals surface area contributed by atoms with Crippen molar-refractivity contribution in [1.82, 2.24) is 5.32 Å². The van der Waals surface area contributed by atoms with Crippen LogP contribution in [-0.4, -0.2) is 18.5 Å². The second-order valence-electron chi connectivity index (χ2n) is 3.95. The Bertz CT molecular complexity index is 189. The average molecular weight is 168 g/mol. The molecule has 3 heteroatoms. The molecule has 3 N–H and O–H groups in total. The van der Waals surface area contributed by atoms with Gasteiger partial charge >= 0.3 is 0 Å². The molecule has 1 aliphatic heterocycles. The van der Waals surface area contributed by atoms with E-state index >= 15 is 0 Å². The van der Waals surface area contributed by atoms with Crippen molar-refractivity contribution in [2.45, 2.75) is 31.7 Å². The molecule has 1 saturated heterocycles. The van der Waals surface area contributed by atoms with Gasteiger partial charge in [-0.3, -0.25) is 4.79 Å². The normalized spacial score (nSPS) is 32.8. The first-order chi connectivity index (χ1) is 5.79. The summed E-state index contributed by atoms with van der Waals surface area (Å²) in [5.74, 6) is 0.922. The minimum absolute atomic E-state index is 0.103. The lowest BCUT2D eigenvalue weighted by molar-refractivity contribution is -0.127. The SMILES string of the molecule is NC(C1CC1)C1CCCNC1=O. The second-order valence-corrected chi connectivity index (χ2v) is 3.95. The molecule has 2 fully saturated rings. The van der Waals surface area contributed by atoms with E-state index in [1.54, 1.807) is 0 Å². The third-order valence-corrected chi connectivity index (χ3v) is 2.96. The van der Waals surface area contributed by atoms with Crippen LogP contribution in [0.5, 0.6) is 0 Å². The Labute approximate surface area is 72.7 Å². The Hall–Kier alpha value is -0.570. The van der Waals surface area contributed by atoms with Crippen LogP contribution in [0.3, 0.4) is 0 Å². The van der Waals surface area contributed by atoms with Gasteiger partial charge in [0.25, 0.3) is 0 Å². The summed E-state index contributed by atoms with van der Waals surface area (Å²) in [7, 11) is 0. The fourth-order valence-corrected chi connectivity index (χ4v) is 1.97. The molecular weight excluding hydrogens is 152 g/mol. The van der Waals surface area contributed by atoms with Gasteiger partial charge in [0, 0.05) is 12.6 Å². The summed E-state index contributed by atoms with van der Waals surface area (Å²) in [5, 5.41) is 2.88. The van der Waals surface area contributed by atoms with E-state index in [9.17, 15) is 4.79 Å². The van der Waals surface area contributed by atoms with E-state index in [2.05, 4.69) is 5.32 Å². The third-order valence-electron chi connectivity index (χ3n) is 2.96.